The second-order valence-corrected chi connectivity index (χ2v) is 3.70. The van der Waals surface area contributed by atoms with Gasteiger partial charge in [0.05, 0.1) is 11.0 Å². The fraction of sp³-hybridized carbons (Fsp3) is 0.455. The van der Waals surface area contributed by atoms with Crippen molar-refractivity contribution >= 4 is 11.4 Å². The summed E-state index contributed by atoms with van der Waals surface area (Å²) in [7, 11) is 0. The van der Waals surface area contributed by atoms with Crippen LogP contribution in [0, 0.1) is 21.7 Å². The number of anilines is 1. The van der Waals surface area contributed by atoms with Gasteiger partial charge in [-0.05, 0) is 12.8 Å². The SMILES string of the molecule is CCC(CC)Nc1c(F)cc(F)cc1[N+](=O)[O-]. The molecular formula is C11H14F2N2O2. The molecule has 0 saturated carbocycles. The molecule has 0 saturated heterocycles. The monoisotopic (exact) mass is 244 g/mol. The normalized spacial score (nSPS) is 10.6. The number of hydrogen-bond acceptors (Lipinski definition) is 3. The smallest absolute Gasteiger partial charge is 0.298 e. The molecule has 0 aliphatic rings. The predicted molar refractivity (Wildman–Crippen MR) is 61.0 cm³/mol. The summed E-state index contributed by atoms with van der Waals surface area (Å²) in [5.74, 6) is -1.90. The van der Waals surface area contributed by atoms with E-state index in [4.69, 9.17) is 0 Å². The van der Waals surface area contributed by atoms with Crippen LogP contribution in [0.25, 0.3) is 0 Å². The zero-order valence-corrected chi connectivity index (χ0v) is 9.67. The first kappa shape index (κ1) is 13.3. The number of hydrogen-bond donors (Lipinski definition) is 1. The second kappa shape index (κ2) is 5.56. The van der Waals surface area contributed by atoms with Crippen LogP contribution < -0.4 is 5.32 Å². The lowest BCUT2D eigenvalue weighted by Crippen LogP contribution is -2.19. The lowest BCUT2D eigenvalue weighted by molar-refractivity contribution is -0.384. The summed E-state index contributed by atoms with van der Waals surface area (Å²) in [4.78, 5) is 9.92. The Bertz CT molecular complexity index is 420. The third-order valence-corrected chi connectivity index (χ3v) is 2.56. The Hall–Kier alpha value is -1.72. The lowest BCUT2D eigenvalue weighted by Gasteiger charge is -2.16. The molecule has 1 aromatic rings. The van der Waals surface area contributed by atoms with Gasteiger partial charge in [0.1, 0.15) is 11.5 Å². The van der Waals surface area contributed by atoms with Crippen molar-refractivity contribution in [2.45, 2.75) is 32.7 Å². The molecule has 0 fully saturated rings. The summed E-state index contributed by atoms with van der Waals surface area (Å²) in [5.41, 5.74) is -0.820. The van der Waals surface area contributed by atoms with E-state index in [1.54, 1.807) is 0 Å². The van der Waals surface area contributed by atoms with Crippen LogP contribution in [0.1, 0.15) is 26.7 Å². The molecule has 0 aliphatic carbocycles. The molecule has 4 nitrogen and oxygen atoms in total. The minimum absolute atomic E-state index is 0.0753. The van der Waals surface area contributed by atoms with E-state index in [0.717, 1.165) is 0 Å². The van der Waals surface area contributed by atoms with Crippen molar-refractivity contribution in [2.24, 2.45) is 0 Å². The Morgan fingerprint density at radius 3 is 2.41 bits per heavy atom. The van der Waals surface area contributed by atoms with Crippen LogP contribution in [0.4, 0.5) is 20.2 Å². The maximum absolute atomic E-state index is 13.5. The quantitative estimate of drug-likeness (QED) is 0.637. The number of nitrogens with zero attached hydrogens (tertiary/aromatic N) is 1. The number of rotatable bonds is 5. The van der Waals surface area contributed by atoms with Gasteiger partial charge in [0.25, 0.3) is 5.69 Å². The minimum atomic E-state index is -0.954. The van der Waals surface area contributed by atoms with Crippen molar-refractivity contribution in [3.8, 4) is 0 Å². The maximum Gasteiger partial charge on any atom is 0.298 e. The molecule has 0 aliphatic heterocycles. The summed E-state index contributed by atoms with van der Waals surface area (Å²) in [6.45, 7) is 3.77. The van der Waals surface area contributed by atoms with Gasteiger partial charge in [-0.25, -0.2) is 8.78 Å². The third kappa shape index (κ3) is 3.12. The fourth-order valence-electron chi connectivity index (χ4n) is 1.54. The first-order valence-corrected chi connectivity index (χ1v) is 5.39. The summed E-state index contributed by atoms with van der Waals surface area (Å²) in [5, 5.41) is 13.5. The Labute approximate surface area is 97.8 Å². The highest BCUT2D eigenvalue weighted by molar-refractivity contribution is 5.62. The highest BCUT2D eigenvalue weighted by Crippen LogP contribution is 2.29. The van der Waals surface area contributed by atoms with Crippen LogP contribution >= 0.6 is 0 Å². The van der Waals surface area contributed by atoms with E-state index in [1.165, 1.54) is 0 Å². The maximum atomic E-state index is 13.5. The van der Waals surface area contributed by atoms with Crippen LogP contribution in [0.5, 0.6) is 0 Å². The lowest BCUT2D eigenvalue weighted by atomic mass is 10.1. The zero-order chi connectivity index (χ0) is 13.0. The van der Waals surface area contributed by atoms with Crippen molar-refractivity contribution in [3.05, 3.63) is 33.9 Å². The first-order valence-electron chi connectivity index (χ1n) is 5.39. The molecule has 94 valence electrons. The fourth-order valence-corrected chi connectivity index (χ4v) is 1.54. The summed E-state index contributed by atoms with van der Waals surface area (Å²) in [6.07, 6.45) is 1.40. The zero-order valence-electron chi connectivity index (χ0n) is 9.67. The molecule has 0 amide bonds. The number of halogens is 2. The van der Waals surface area contributed by atoms with Gasteiger partial charge in [-0.2, -0.15) is 0 Å². The van der Waals surface area contributed by atoms with E-state index in [1.807, 2.05) is 13.8 Å². The average molecular weight is 244 g/mol. The van der Waals surface area contributed by atoms with Gasteiger partial charge in [0, 0.05) is 12.1 Å². The van der Waals surface area contributed by atoms with E-state index in [9.17, 15) is 18.9 Å². The second-order valence-electron chi connectivity index (χ2n) is 3.70. The molecule has 17 heavy (non-hydrogen) atoms. The summed E-state index contributed by atoms with van der Waals surface area (Å²) in [6, 6.07) is 1.28. The van der Waals surface area contributed by atoms with Gasteiger partial charge in [0.15, 0.2) is 5.82 Å². The minimum Gasteiger partial charge on any atom is -0.374 e. The Morgan fingerprint density at radius 1 is 1.35 bits per heavy atom. The highest BCUT2D eigenvalue weighted by Gasteiger charge is 2.21. The molecule has 1 aromatic carbocycles. The van der Waals surface area contributed by atoms with Gasteiger partial charge >= 0.3 is 0 Å². The van der Waals surface area contributed by atoms with E-state index in [-0.39, 0.29) is 11.7 Å². The molecule has 1 rings (SSSR count). The van der Waals surface area contributed by atoms with E-state index in [0.29, 0.717) is 25.0 Å². The number of benzene rings is 1. The Balaban J connectivity index is 3.16. The van der Waals surface area contributed by atoms with Gasteiger partial charge in [-0.1, -0.05) is 13.8 Å². The van der Waals surface area contributed by atoms with Crippen LogP contribution in [-0.4, -0.2) is 11.0 Å². The Kier molecular flexibility index (Phi) is 4.37. The van der Waals surface area contributed by atoms with Gasteiger partial charge in [0.2, 0.25) is 0 Å². The summed E-state index contributed by atoms with van der Waals surface area (Å²) < 4.78 is 26.4. The Morgan fingerprint density at radius 2 is 1.94 bits per heavy atom. The molecule has 0 spiro atoms. The number of nitro benzene ring substituents is 1. The molecule has 0 aromatic heterocycles. The molecule has 1 N–H and O–H groups in total. The van der Waals surface area contributed by atoms with Crippen molar-refractivity contribution in [1.82, 2.24) is 0 Å². The molecule has 0 atom stereocenters. The van der Waals surface area contributed by atoms with E-state index < -0.39 is 22.2 Å². The summed E-state index contributed by atoms with van der Waals surface area (Å²) >= 11 is 0. The molecule has 6 heteroatoms. The van der Waals surface area contributed by atoms with Gasteiger partial charge < -0.3 is 5.32 Å². The topological polar surface area (TPSA) is 55.2 Å². The van der Waals surface area contributed by atoms with E-state index in [2.05, 4.69) is 5.32 Å². The van der Waals surface area contributed by atoms with Crippen LogP contribution in [-0.2, 0) is 0 Å². The largest absolute Gasteiger partial charge is 0.374 e. The molecule has 0 heterocycles. The standard InChI is InChI=1S/C11H14F2N2O2/c1-3-8(4-2)14-11-9(13)5-7(12)6-10(11)15(16)17/h5-6,8,14H,3-4H2,1-2H3. The highest BCUT2D eigenvalue weighted by atomic mass is 19.1. The first-order chi connectivity index (χ1) is 7.99. The van der Waals surface area contributed by atoms with Crippen LogP contribution in [0.2, 0.25) is 0 Å². The van der Waals surface area contributed by atoms with Crippen molar-refractivity contribution in [2.75, 3.05) is 5.32 Å². The predicted octanol–water partition coefficient (Wildman–Crippen LogP) is 3.47. The van der Waals surface area contributed by atoms with Crippen LogP contribution in [0.3, 0.4) is 0 Å². The van der Waals surface area contributed by atoms with Crippen LogP contribution in [0.15, 0.2) is 12.1 Å². The molecular weight excluding hydrogens is 230 g/mol. The molecule has 0 radical (unpaired) electrons. The molecule has 0 bridgehead atoms. The van der Waals surface area contributed by atoms with Crippen molar-refractivity contribution in [3.63, 3.8) is 0 Å². The third-order valence-electron chi connectivity index (χ3n) is 2.56. The number of nitrogens with one attached hydrogen (secondary N) is 1. The van der Waals surface area contributed by atoms with Crippen molar-refractivity contribution < 1.29 is 13.7 Å². The molecule has 0 unspecified atom stereocenters. The van der Waals surface area contributed by atoms with Crippen molar-refractivity contribution in [1.29, 1.82) is 0 Å². The number of nitro groups is 1. The van der Waals surface area contributed by atoms with Gasteiger partial charge in [-0.15, -0.1) is 0 Å². The van der Waals surface area contributed by atoms with Gasteiger partial charge in [-0.3, -0.25) is 10.1 Å². The average Bonchev–Trinajstić information content (AvgIpc) is 2.27. The van der Waals surface area contributed by atoms with E-state index >= 15 is 0 Å².